The number of benzene rings is 2. The number of hydrogen-bond donors (Lipinski definition) is 3. The van der Waals surface area contributed by atoms with E-state index in [1.165, 1.54) is 69.6 Å². The van der Waals surface area contributed by atoms with E-state index in [9.17, 15) is 42.5 Å². The van der Waals surface area contributed by atoms with Crippen molar-refractivity contribution >= 4 is 59.0 Å². The van der Waals surface area contributed by atoms with Crippen LogP contribution in [0.5, 0.6) is 0 Å². The van der Waals surface area contributed by atoms with E-state index in [1.807, 2.05) is 0 Å². The molecule has 3 aromatic rings. The molecule has 1 fully saturated rings. The summed E-state index contributed by atoms with van der Waals surface area (Å²) < 4.78 is 59.8. The highest BCUT2D eigenvalue weighted by atomic mass is 35.5. The van der Waals surface area contributed by atoms with Crippen LogP contribution < -0.4 is 10.6 Å². The van der Waals surface area contributed by atoms with Crippen LogP contribution >= 0.6 is 19.2 Å². The summed E-state index contributed by atoms with van der Waals surface area (Å²) in [6.07, 6.45) is -2.12. The Labute approximate surface area is 285 Å². The number of likely N-dealkylation sites (tertiary alicyclic amines) is 1. The number of carbonyl (C=O) groups excluding carboxylic acids is 3. The van der Waals surface area contributed by atoms with E-state index in [-0.39, 0.29) is 40.0 Å². The van der Waals surface area contributed by atoms with Gasteiger partial charge in [-0.1, -0.05) is 29.8 Å². The summed E-state index contributed by atoms with van der Waals surface area (Å²) in [5, 5.41) is 12.2. The Morgan fingerprint density at radius 3 is 2.37 bits per heavy atom. The number of hydrogen-bond acceptors (Lipinski definition) is 8. The molecular formula is C32H37ClF2N3O10P. The van der Waals surface area contributed by atoms with Gasteiger partial charge < -0.3 is 34.3 Å². The highest BCUT2D eigenvalue weighted by Crippen LogP contribution is 2.47. The van der Waals surface area contributed by atoms with Gasteiger partial charge in [-0.2, -0.15) is 0 Å². The average Bonchev–Trinajstić information content (AvgIpc) is 3.57. The predicted octanol–water partition coefficient (Wildman–Crippen LogP) is 4.31. The smallest absolute Gasteiger partial charge is 0.396 e. The largest absolute Gasteiger partial charge is 0.475 e. The Morgan fingerprint density at radius 1 is 1.12 bits per heavy atom. The molecule has 0 bridgehead atoms. The van der Waals surface area contributed by atoms with Crippen molar-refractivity contribution in [2.24, 2.45) is 0 Å². The van der Waals surface area contributed by atoms with Crippen LogP contribution in [0, 0.1) is 5.82 Å². The second kappa shape index (κ2) is 15.0. The Balaban J connectivity index is 1.64. The first-order valence-corrected chi connectivity index (χ1v) is 17.2. The molecule has 1 aromatic heterocycles. The SMILES string of the molecule is CC(=O)c1cn(CC(=O)N2C[C@H](F)C[C@H]2C(=O)NCc2cccc(Cl)c2F)c2cc(P(=O)(O)OC(OC(C)C)(OC(C)C)C(=O)O)ccc12. The van der Waals surface area contributed by atoms with Crippen LogP contribution in [-0.4, -0.2) is 80.0 Å². The Bertz CT molecular complexity index is 1810. The van der Waals surface area contributed by atoms with Crippen LogP contribution in [0.15, 0.2) is 42.6 Å². The quantitative estimate of drug-likeness (QED) is 0.123. The van der Waals surface area contributed by atoms with Crippen molar-refractivity contribution in [3.63, 3.8) is 0 Å². The molecule has 2 aromatic carbocycles. The Hall–Kier alpha value is -3.72. The number of Topliss-reactive ketones (excluding diaryl/α,β-unsaturated/α-hetero) is 1. The number of carbonyl (C=O) groups is 4. The van der Waals surface area contributed by atoms with Gasteiger partial charge in [0.05, 0.1) is 34.6 Å². The summed E-state index contributed by atoms with van der Waals surface area (Å²) >= 11 is 5.81. The van der Waals surface area contributed by atoms with Crippen LogP contribution in [0.3, 0.4) is 0 Å². The Morgan fingerprint density at radius 2 is 1.78 bits per heavy atom. The molecule has 4 rings (SSSR count). The first-order valence-electron chi connectivity index (χ1n) is 15.3. The van der Waals surface area contributed by atoms with E-state index in [2.05, 4.69) is 5.32 Å². The lowest BCUT2D eigenvalue weighted by molar-refractivity contribution is -0.351. The lowest BCUT2D eigenvalue weighted by Gasteiger charge is -2.33. The molecule has 0 saturated carbocycles. The topological polar surface area (TPSA) is 174 Å². The maximum absolute atomic E-state index is 14.6. The molecule has 13 nitrogen and oxygen atoms in total. The Kier molecular flexibility index (Phi) is 11.7. The van der Waals surface area contributed by atoms with Crippen molar-refractivity contribution < 1.29 is 56.5 Å². The third kappa shape index (κ3) is 8.54. The summed E-state index contributed by atoms with van der Waals surface area (Å²) in [6.45, 7) is 6.00. The summed E-state index contributed by atoms with van der Waals surface area (Å²) in [6, 6.07) is 6.68. The first-order chi connectivity index (χ1) is 22.8. The summed E-state index contributed by atoms with van der Waals surface area (Å²) in [5.74, 6) is -7.33. The molecule has 1 saturated heterocycles. The highest BCUT2D eigenvalue weighted by Gasteiger charge is 2.51. The number of amides is 2. The van der Waals surface area contributed by atoms with E-state index in [4.69, 9.17) is 25.6 Å². The van der Waals surface area contributed by atoms with E-state index in [0.717, 1.165) is 17.0 Å². The van der Waals surface area contributed by atoms with E-state index in [1.54, 1.807) is 0 Å². The number of ether oxygens (including phenoxy) is 2. The van der Waals surface area contributed by atoms with Crippen molar-refractivity contribution in [3.8, 4) is 0 Å². The van der Waals surface area contributed by atoms with Crippen molar-refractivity contribution in [2.45, 2.75) is 84.5 Å². The maximum Gasteiger partial charge on any atom is 0.396 e. The lowest BCUT2D eigenvalue weighted by Crippen LogP contribution is -2.49. The van der Waals surface area contributed by atoms with Crippen LogP contribution in [-0.2, 0) is 46.0 Å². The molecule has 1 unspecified atom stereocenters. The van der Waals surface area contributed by atoms with Gasteiger partial charge in [0.25, 0.3) is 0 Å². The molecule has 0 radical (unpaired) electrons. The van der Waals surface area contributed by atoms with Crippen molar-refractivity contribution in [2.75, 3.05) is 6.54 Å². The van der Waals surface area contributed by atoms with E-state index in [0.29, 0.717) is 0 Å². The van der Waals surface area contributed by atoms with Gasteiger partial charge in [0, 0.05) is 35.7 Å². The van der Waals surface area contributed by atoms with Crippen LogP contribution in [0.4, 0.5) is 8.78 Å². The minimum absolute atomic E-state index is 0.0946. The first kappa shape index (κ1) is 38.1. The second-order valence-corrected chi connectivity index (χ2v) is 14.2. The molecule has 3 N–H and O–H groups in total. The van der Waals surface area contributed by atoms with Gasteiger partial charge in [-0.05, 0) is 52.8 Å². The molecule has 1 aliphatic heterocycles. The number of nitrogens with one attached hydrogen (secondary N) is 1. The fourth-order valence-corrected chi connectivity index (χ4v) is 6.78. The molecule has 3 atom stereocenters. The van der Waals surface area contributed by atoms with Crippen molar-refractivity contribution in [3.05, 3.63) is 64.6 Å². The van der Waals surface area contributed by atoms with Gasteiger partial charge in [-0.25, -0.2) is 18.1 Å². The van der Waals surface area contributed by atoms with Crippen LogP contribution in [0.1, 0.15) is 57.0 Å². The second-order valence-electron chi connectivity index (χ2n) is 12.1. The number of halogens is 3. The van der Waals surface area contributed by atoms with Crippen molar-refractivity contribution in [1.82, 2.24) is 14.8 Å². The summed E-state index contributed by atoms with van der Waals surface area (Å²) in [5.41, 5.74) is 0.354. The number of ketones is 1. The van der Waals surface area contributed by atoms with E-state index >= 15 is 0 Å². The number of nitrogens with zero attached hydrogens (tertiary/aromatic N) is 2. The predicted molar refractivity (Wildman–Crippen MR) is 174 cm³/mol. The minimum atomic E-state index is -5.06. The van der Waals surface area contributed by atoms with E-state index < -0.39 is 85.8 Å². The fourth-order valence-electron chi connectivity index (χ4n) is 5.44. The highest BCUT2D eigenvalue weighted by molar-refractivity contribution is 7.61. The van der Waals surface area contributed by atoms with Gasteiger partial charge in [0.15, 0.2) is 5.78 Å². The van der Waals surface area contributed by atoms with Crippen LogP contribution in [0.2, 0.25) is 5.02 Å². The van der Waals surface area contributed by atoms with Gasteiger partial charge in [-0.15, -0.1) is 0 Å². The van der Waals surface area contributed by atoms with Gasteiger partial charge in [0.2, 0.25) is 11.8 Å². The lowest BCUT2D eigenvalue weighted by atomic mass is 10.1. The number of carboxylic acid groups (broad SMARTS) is 1. The number of rotatable bonds is 14. The average molecular weight is 728 g/mol. The molecule has 2 amide bonds. The zero-order valence-corrected chi connectivity index (χ0v) is 29.0. The number of aromatic nitrogens is 1. The standard InChI is InChI=1S/C32H37ClF2N3O10P/c1-17(2)46-32(31(42)43,47-18(3)4)48-49(44,45)22-9-10-23-24(19(5)39)15-37(26(23)12-22)16-28(40)38-14-21(34)11-27(38)30(41)36-13-20-7-6-8-25(33)29(20)35/h6-10,12,15,17-18,21,27H,11,13-14,16H2,1-5H3,(H,36,41)(H,42,43)(H,44,45)/t21-,27+/m1/s1. The van der Waals surface area contributed by atoms with Gasteiger partial charge >= 0.3 is 19.5 Å². The minimum Gasteiger partial charge on any atom is -0.475 e. The normalized spacial score (nSPS) is 17.9. The van der Waals surface area contributed by atoms with Crippen molar-refractivity contribution in [1.29, 1.82) is 0 Å². The molecule has 0 aliphatic carbocycles. The molecule has 49 heavy (non-hydrogen) atoms. The number of aliphatic carboxylic acids is 1. The number of fused-ring (bicyclic) bond motifs is 1. The number of alkyl halides is 1. The third-order valence-electron chi connectivity index (χ3n) is 7.52. The summed E-state index contributed by atoms with van der Waals surface area (Å²) in [7, 11) is -5.06. The van der Waals surface area contributed by atoms with Gasteiger partial charge in [-0.3, -0.25) is 18.9 Å². The maximum atomic E-state index is 14.6. The van der Waals surface area contributed by atoms with Crippen LogP contribution in [0.25, 0.3) is 10.9 Å². The molecule has 17 heteroatoms. The molecule has 0 spiro atoms. The fraction of sp³-hybridized carbons (Fsp3) is 0.438. The molecule has 266 valence electrons. The van der Waals surface area contributed by atoms with Gasteiger partial charge in [0.1, 0.15) is 24.6 Å². The molecule has 2 heterocycles. The third-order valence-corrected chi connectivity index (χ3v) is 9.23. The molecular weight excluding hydrogens is 691 g/mol. The monoisotopic (exact) mass is 727 g/mol. The zero-order chi connectivity index (χ0) is 36.4. The molecule has 1 aliphatic rings. The summed E-state index contributed by atoms with van der Waals surface area (Å²) in [4.78, 5) is 63.5. The number of carboxylic acids is 1. The zero-order valence-electron chi connectivity index (χ0n) is 27.3.